The van der Waals surface area contributed by atoms with Crippen LogP contribution in [0.25, 0.3) is 10.8 Å². The molecule has 1 atom stereocenters. The minimum Gasteiger partial charge on any atom is -0.349 e. The number of nitrogens with one attached hydrogen (secondary N) is 1. The summed E-state index contributed by atoms with van der Waals surface area (Å²) in [6.07, 6.45) is 3.64. The SMILES string of the molecule is CC(CN)(NC(=O)CCc1ccc2ccccc2c1)C1CC1.Cl. The van der Waals surface area contributed by atoms with Crippen LogP contribution < -0.4 is 11.1 Å². The van der Waals surface area contributed by atoms with E-state index in [0.29, 0.717) is 18.9 Å². The minimum atomic E-state index is -0.222. The molecule has 0 saturated heterocycles. The van der Waals surface area contributed by atoms with E-state index in [-0.39, 0.29) is 23.9 Å². The van der Waals surface area contributed by atoms with E-state index in [1.54, 1.807) is 0 Å². The normalized spacial score (nSPS) is 16.4. The maximum absolute atomic E-state index is 12.2. The van der Waals surface area contributed by atoms with E-state index >= 15 is 0 Å². The molecule has 23 heavy (non-hydrogen) atoms. The van der Waals surface area contributed by atoms with Gasteiger partial charge in [0.2, 0.25) is 5.91 Å². The number of hydrogen-bond acceptors (Lipinski definition) is 2. The van der Waals surface area contributed by atoms with Crippen molar-refractivity contribution < 1.29 is 4.79 Å². The molecule has 3 nitrogen and oxygen atoms in total. The van der Waals surface area contributed by atoms with Crippen LogP contribution in [0.4, 0.5) is 0 Å². The number of hydrogen-bond donors (Lipinski definition) is 2. The molecular weight excluding hydrogens is 308 g/mol. The number of aryl methyl sites for hydroxylation is 1. The molecule has 124 valence electrons. The summed E-state index contributed by atoms with van der Waals surface area (Å²) in [5, 5.41) is 5.61. The standard InChI is InChI=1S/C19H24N2O.ClH/c1-19(13-20,17-9-10-17)21-18(22)11-7-14-6-8-15-4-2-3-5-16(15)12-14;/h2-6,8,12,17H,7,9-11,13,20H2,1H3,(H,21,22);1H. The molecule has 4 heteroatoms. The Labute approximate surface area is 144 Å². The first-order valence-corrected chi connectivity index (χ1v) is 8.09. The lowest BCUT2D eigenvalue weighted by Crippen LogP contribution is -2.53. The average molecular weight is 333 g/mol. The van der Waals surface area contributed by atoms with E-state index in [1.165, 1.54) is 29.2 Å². The third-order valence-electron chi connectivity index (χ3n) is 4.78. The highest BCUT2D eigenvalue weighted by Crippen LogP contribution is 2.39. The molecule has 0 radical (unpaired) electrons. The van der Waals surface area contributed by atoms with Crippen LogP contribution in [0.2, 0.25) is 0 Å². The highest BCUT2D eigenvalue weighted by atomic mass is 35.5. The first-order chi connectivity index (χ1) is 10.6. The molecule has 1 aliphatic rings. The Morgan fingerprint density at radius 3 is 2.57 bits per heavy atom. The summed E-state index contributed by atoms with van der Waals surface area (Å²) in [6.45, 7) is 2.58. The van der Waals surface area contributed by atoms with Gasteiger partial charge in [0, 0.05) is 13.0 Å². The van der Waals surface area contributed by atoms with E-state index in [1.807, 2.05) is 12.1 Å². The number of carbonyl (C=O) groups is 1. The van der Waals surface area contributed by atoms with Gasteiger partial charge in [0.1, 0.15) is 0 Å². The quantitative estimate of drug-likeness (QED) is 0.851. The van der Waals surface area contributed by atoms with Gasteiger partial charge >= 0.3 is 0 Å². The zero-order valence-electron chi connectivity index (χ0n) is 13.5. The van der Waals surface area contributed by atoms with Gasteiger partial charge in [0.05, 0.1) is 5.54 Å². The summed E-state index contributed by atoms with van der Waals surface area (Å²) in [5.41, 5.74) is 6.83. The molecule has 0 aliphatic heterocycles. The topological polar surface area (TPSA) is 55.1 Å². The lowest BCUT2D eigenvalue weighted by Gasteiger charge is -2.29. The molecule has 1 saturated carbocycles. The maximum atomic E-state index is 12.2. The van der Waals surface area contributed by atoms with Crippen molar-refractivity contribution in [3.05, 3.63) is 48.0 Å². The first-order valence-electron chi connectivity index (χ1n) is 8.09. The van der Waals surface area contributed by atoms with Crippen molar-refractivity contribution in [2.24, 2.45) is 11.7 Å². The van der Waals surface area contributed by atoms with E-state index < -0.39 is 0 Å². The fraction of sp³-hybridized carbons (Fsp3) is 0.421. The summed E-state index contributed by atoms with van der Waals surface area (Å²) in [6, 6.07) is 14.7. The monoisotopic (exact) mass is 332 g/mol. The first kappa shape index (κ1) is 17.8. The molecule has 1 aliphatic carbocycles. The highest BCUT2D eigenvalue weighted by molar-refractivity contribution is 5.85. The van der Waals surface area contributed by atoms with Crippen molar-refractivity contribution >= 4 is 29.1 Å². The van der Waals surface area contributed by atoms with Gasteiger partial charge < -0.3 is 11.1 Å². The van der Waals surface area contributed by atoms with Crippen LogP contribution in [-0.2, 0) is 11.2 Å². The van der Waals surface area contributed by atoms with E-state index in [0.717, 1.165) is 6.42 Å². The second kappa shape index (κ2) is 7.33. The Kier molecular flexibility index (Phi) is 5.66. The second-order valence-corrected chi connectivity index (χ2v) is 6.63. The lowest BCUT2D eigenvalue weighted by atomic mass is 9.95. The second-order valence-electron chi connectivity index (χ2n) is 6.63. The molecule has 0 aromatic heterocycles. The van der Waals surface area contributed by atoms with Crippen LogP contribution in [0.3, 0.4) is 0 Å². The summed E-state index contributed by atoms with van der Waals surface area (Å²) < 4.78 is 0. The number of carbonyl (C=O) groups excluding carboxylic acids is 1. The summed E-state index contributed by atoms with van der Waals surface area (Å²) >= 11 is 0. The molecule has 2 aromatic rings. The Hall–Kier alpha value is -1.58. The van der Waals surface area contributed by atoms with E-state index in [9.17, 15) is 4.79 Å². The van der Waals surface area contributed by atoms with Crippen molar-refractivity contribution in [2.75, 3.05) is 6.54 Å². The Bertz CT molecular complexity index is 684. The van der Waals surface area contributed by atoms with Crippen LogP contribution in [0, 0.1) is 5.92 Å². The average Bonchev–Trinajstić information content (AvgIpc) is 3.38. The van der Waals surface area contributed by atoms with Gasteiger partial charge in [-0.05, 0) is 48.4 Å². The van der Waals surface area contributed by atoms with Crippen molar-refractivity contribution in [1.29, 1.82) is 0 Å². The number of fused-ring (bicyclic) bond motifs is 1. The largest absolute Gasteiger partial charge is 0.349 e. The van der Waals surface area contributed by atoms with Crippen molar-refractivity contribution in [3.8, 4) is 0 Å². The third kappa shape index (κ3) is 4.24. The van der Waals surface area contributed by atoms with E-state index in [4.69, 9.17) is 5.73 Å². The smallest absolute Gasteiger partial charge is 0.220 e. The van der Waals surface area contributed by atoms with Gasteiger partial charge in [-0.2, -0.15) is 0 Å². The van der Waals surface area contributed by atoms with Gasteiger partial charge in [-0.15, -0.1) is 12.4 Å². The molecule has 2 aromatic carbocycles. The fourth-order valence-electron chi connectivity index (χ4n) is 3.07. The molecule has 0 heterocycles. The fourth-order valence-corrected chi connectivity index (χ4v) is 3.07. The molecule has 0 bridgehead atoms. The van der Waals surface area contributed by atoms with Crippen LogP contribution in [-0.4, -0.2) is 18.0 Å². The number of rotatable bonds is 6. The number of halogens is 1. The zero-order chi connectivity index (χ0) is 15.6. The van der Waals surface area contributed by atoms with Gasteiger partial charge in [0.25, 0.3) is 0 Å². The van der Waals surface area contributed by atoms with Crippen LogP contribution in [0.15, 0.2) is 42.5 Å². The summed E-state index contributed by atoms with van der Waals surface area (Å²) in [7, 11) is 0. The van der Waals surface area contributed by atoms with Gasteiger partial charge in [-0.3, -0.25) is 4.79 Å². The molecule has 1 fully saturated rings. The molecule has 3 N–H and O–H groups in total. The number of nitrogens with two attached hydrogens (primary N) is 1. The molecular formula is C19H25ClN2O. The zero-order valence-corrected chi connectivity index (χ0v) is 14.4. The summed E-state index contributed by atoms with van der Waals surface area (Å²) in [4.78, 5) is 12.2. The van der Waals surface area contributed by atoms with Crippen molar-refractivity contribution in [1.82, 2.24) is 5.32 Å². The molecule has 0 spiro atoms. The molecule has 3 rings (SSSR count). The van der Waals surface area contributed by atoms with Gasteiger partial charge in [-0.25, -0.2) is 0 Å². The number of benzene rings is 2. The van der Waals surface area contributed by atoms with Crippen molar-refractivity contribution in [2.45, 2.75) is 38.1 Å². The van der Waals surface area contributed by atoms with Gasteiger partial charge in [-0.1, -0.05) is 42.5 Å². The minimum absolute atomic E-state index is 0. The Morgan fingerprint density at radius 2 is 1.91 bits per heavy atom. The predicted molar refractivity (Wildman–Crippen MR) is 97.8 cm³/mol. The maximum Gasteiger partial charge on any atom is 0.220 e. The summed E-state index contributed by atoms with van der Waals surface area (Å²) in [5.74, 6) is 0.662. The lowest BCUT2D eigenvalue weighted by molar-refractivity contribution is -0.123. The third-order valence-corrected chi connectivity index (χ3v) is 4.78. The Balaban J connectivity index is 0.00000192. The highest BCUT2D eigenvalue weighted by Gasteiger charge is 2.41. The van der Waals surface area contributed by atoms with Gasteiger partial charge in [0.15, 0.2) is 0 Å². The Morgan fingerprint density at radius 1 is 1.22 bits per heavy atom. The van der Waals surface area contributed by atoms with Crippen molar-refractivity contribution in [3.63, 3.8) is 0 Å². The van der Waals surface area contributed by atoms with Crippen LogP contribution in [0.5, 0.6) is 0 Å². The van der Waals surface area contributed by atoms with E-state index in [2.05, 4.69) is 42.6 Å². The molecule has 1 amide bonds. The van der Waals surface area contributed by atoms with Crippen LogP contribution >= 0.6 is 12.4 Å². The molecule has 1 unspecified atom stereocenters. The van der Waals surface area contributed by atoms with Crippen LogP contribution in [0.1, 0.15) is 31.7 Å². The predicted octanol–water partition coefficient (Wildman–Crippen LogP) is 3.44. The number of amides is 1.